The number of hydrogen-bond acceptors (Lipinski definition) is 7. The van der Waals surface area contributed by atoms with Gasteiger partial charge in [-0.1, -0.05) is 0 Å². The number of carboxylic acids is 1. The predicted octanol–water partition coefficient (Wildman–Crippen LogP) is -5.92. The molecule has 0 bridgehead atoms. The van der Waals surface area contributed by atoms with Crippen molar-refractivity contribution in [2.24, 2.45) is 5.92 Å². The summed E-state index contributed by atoms with van der Waals surface area (Å²) in [6.45, 7) is 3.32. The molecule has 0 aromatic heterocycles. The molecule has 0 spiro atoms. The fourth-order valence-corrected chi connectivity index (χ4v) is 6.21. The molecule has 4 atom stereocenters. The minimum atomic E-state index is -4.09. The first-order valence-electron chi connectivity index (χ1n) is 7.77. The number of aliphatic carboxylic acids is 1. The molecule has 3 aliphatic rings. The molecule has 3 aliphatic heterocycles. The van der Waals surface area contributed by atoms with E-state index in [1.54, 1.807) is 0 Å². The van der Waals surface area contributed by atoms with E-state index in [2.05, 4.69) is 0 Å². The number of hydrogen-bond donors (Lipinski definition) is 1. The molecule has 2 amide bonds. The van der Waals surface area contributed by atoms with Crippen molar-refractivity contribution in [3.05, 3.63) is 0 Å². The first-order chi connectivity index (χ1) is 11.0. The monoisotopic (exact) mass is 382 g/mol. The van der Waals surface area contributed by atoms with Crippen LogP contribution in [0.3, 0.4) is 0 Å². The molecule has 11 heteroatoms. The van der Waals surface area contributed by atoms with Gasteiger partial charge in [-0.05, 0) is 26.7 Å². The predicted molar refractivity (Wildman–Crippen MR) is 77.7 cm³/mol. The van der Waals surface area contributed by atoms with Crippen LogP contribution in [0.15, 0.2) is 0 Å². The van der Waals surface area contributed by atoms with E-state index in [0.29, 0.717) is 13.1 Å². The molecule has 0 radical (unpaired) electrons. The van der Waals surface area contributed by atoms with E-state index in [9.17, 15) is 33.0 Å². The third-order valence-electron chi connectivity index (χ3n) is 5.34. The third kappa shape index (κ3) is 2.64. The van der Waals surface area contributed by atoms with Crippen molar-refractivity contribution < 1.29 is 62.6 Å². The Hall–Kier alpha value is -0.680. The number of amides is 2. The number of aliphatic hydroxyl groups excluding tert-OH is 1. The Morgan fingerprint density at radius 1 is 1.28 bits per heavy atom. The number of aliphatic hydroxyl groups is 1. The van der Waals surface area contributed by atoms with Crippen molar-refractivity contribution in [1.29, 1.82) is 0 Å². The summed E-state index contributed by atoms with van der Waals surface area (Å²) in [7, 11) is -4.09. The Balaban J connectivity index is 0.00000225. The topological polar surface area (TPSA) is 135 Å². The van der Waals surface area contributed by atoms with Gasteiger partial charge in [0, 0.05) is 13.1 Å². The summed E-state index contributed by atoms with van der Waals surface area (Å²) < 4.78 is 23.6. The Bertz CT molecular complexity index is 717. The molecular weight excluding hydrogens is 363 g/mol. The zero-order chi connectivity index (χ0) is 18.0. The number of rotatable bonds is 3. The summed E-state index contributed by atoms with van der Waals surface area (Å²) in [5, 5.41) is 20.1. The van der Waals surface area contributed by atoms with Crippen LogP contribution in [0.5, 0.6) is 0 Å². The normalized spacial score (nSPS) is 33.2. The Labute approximate surface area is 167 Å². The number of carbonyl (C=O) groups is 3. The number of carbonyl (C=O) groups excluding carboxylic acids is 3. The molecule has 0 aromatic rings. The van der Waals surface area contributed by atoms with E-state index < -0.39 is 55.8 Å². The smallest absolute Gasteiger partial charge is 0.548 e. The summed E-state index contributed by atoms with van der Waals surface area (Å²) in [6.07, 6.45) is -0.224. The van der Waals surface area contributed by atoms with Gasteiger partial charge in [0.1, 0.15) is 17.4 Å². The van der Waals surface area contributed by atoms with Gasteiger partial charge in [-0.15, -0.1) is 0 Å². The van der Waals surface area contributed by atoms with E-state index in [1.807, 2.05) is 0 Å². The minimum Gasteiger partial charge on any atom is -0.548 e. The molecule has 0 aromatic carbocycles. The van der Waals surface area contributed by atoms with E-state index in [4.69, 9.17) is 0 Å². The van der Waals surface area contributed by atoms with E-state index in [1.165, 1.54) is 18.7 Å². The first-order valence-corrected chi connectivity index (χ1v) is 9.31. The number of likely N-dealkylation sites (tertiary alicyclic amines) is 1. The molecule has 25 heavy (non-hydrogen) atoms. The summed E-state index contributed by atoms with van der Waals surface area (Å²) in [6, 6.07) is -1.63. The summed E-state index contributed by atoms with van der Waals surface area (Å²) in [5.74, 6) is -4.66. The molecule has 1 unspecified atom stereocenters. The number of sulfone groups is 1. The maximum atomic E-state index is 12.7. The van der Waals surface area contributed by atoms with Gasteiger partial charge in [-0.3, -0.25) is 9.59 Å². The van der Waals surface area contributed by atoms with Crippen LogP contribution < -0.4 is 34.7 Å². The van der Waals surface area contributed by atoms with E-state index >= 15 is 0 Å². The maximum Gasteiger partial charge on any atom is 1.00 e. The zero-order valence-corrected chi connectivity index (χ0v) is 17.2. The SMILES string of the molecule is CC1(C)[C@H](C(=O)[O-])N2C(=O)[C@@H](C(O)C(=O)N3CCCC3)[C@H]2S1(=O)=O.[Na+]. The fourth-order valence-electron chi connectivity index (χ4n) is 3.90. The summed E-state index contributed by atoms with van der Waals surface area (Å²) in [4.78, 5) is 38.1. The molecular formula is C14H19N2NaO7S. The zero-order valence-electron chi connectivity index (χ0n) is 14.3. The van der Waals surface area contributed by atoms with E-state index in [0.717, 1.165) is 17.7 Å². The Morgan fingerprint density at radius 2 is 1.80 bits per heavy atom. The van der Waals surface area contributed by atoms with Gasteiger partial charge in [0.15, 0.2) is 9.84 Å². The molecule has 0 saturated carbocycles. The molecule has 1 N–H and O–H groups in total. The largest absolute Gasteiger partial charge is 1.00 e. The number of carboxylic acid groups (broad SMARTS) is 1. The van der Waals surface area contributed by atoms with Gasteiger partial charge in [0.05, 0.1) is 16.8 Å². The molecule has 3 fully saturated rings. The average Bonchev–Trinajstić information content (AvgIpc) is 3.04. The molecule has 134 valence electrons. The molecule has 3 heterocycles. The van der Waals surface area contributed by atoms with Crippen LogP contribution in [0.25, 0.3) is 0 Å². The molecule has 3 rings (SSSR count). The second-order valence-electron chi connectivity index (χ2n) is 7.01. The molecule has 3 saturated heterocycles. The molecule has 9 nitrogen and oxygen atoms in total. The van der Waals surface area contributed by atoms with Crippen molar-refractivity contribution >= 4 is 27.6 Å². The Kier molecular flexibility index (Phi) is 5.35. The van der Waals surface area contributed by atoms with Crippen LogP contribution in [0, 0.1) is 5.92 Å². The van der Waals surface area contributed by atoms with Crippen molar-refractivity contribution in [2.45, 2.75) is 49.0 Å². The molecule has 0 aliphatic carbocycles. The standard InChI is InChI=1S/C14H20N2O7S.Na/c1-14(2)9(13(20)21)16-10(18)7(12(16)24(14,22)23)8(17)11(19)15-5-3-4-6-15;/h7-9,12,17H,3-6H2,1-2H3,(H,20,21);/q;+1/p-1/t7-,8?,9+,12-;/m1./s1. The van der Waals surface area contributed by atoms with Crippen LogP contribution >= 0.6 is 0 Å². The van der Waals surface area contributed by atoms with Gasteiger partial charge >= 0.3 is 29.6 Å². The van der Waals surface area contributed by atoms with E-state index in [-0.39, 0.29) is 29.6 Å². The van der Waals surface area contributed by atoms with Crippen molar-refractivity contribution in [1.82, 2.24) is 9.80 Å². The van der Waals surface area contributed by atoms with Crippen LogP contribution in [-0.4, -0.2) is 76.5 Å². The van der Waals surface area contributed by atoms with Crippen LogP contribution in [0.2, 0.25) is 0 Å². The first kappa shape index (κ1) is 20.6. The van der Waals surface area contributed by atoms with Gasteiger partial charge in [-0.25, -0.2) is 8.42 Å². The summed E-state index contributed by atoms with van der Waals surface area (Å²) in [5.41, 5.74) is 0. The third-order valence-corrected chi connectivity index (χ3v) is 8.19. The van der Waals surface area contributed by atoms with Crippen LogP contribution in [0.1, 0.15) is 26.7 Å². The van der Waals surface area contributed by atoms with Gasteiger partial charge in [0.25, 0.3) is 5.91 Å². The fraction of sp³-hybridized carbons (Fsp3) is 0.786. The van der Waals surface area contributed by atoms with Crippen LogP contribution in [0.4, 0.5) is 0 Å². The van der Waals surface area contributed by atoms with Gasteiger partial charge in [-0.2, -0.15) is 0 Å². The number of β-lactam (4-membered cyclic amide) rings is 1. The number of nitrogens with zero attached hydrogens (tertiary/aromatic N) is 2. The average molecular weight is 382 g/mol. The second kappa shape index (κ2) is 6.49. The van der Waals surface area contributed by atoms with Gasteiger partial charge in [0.2, 0.25) is 5.91 Å². The van der Waals surface area contributed by atoms with Crippen molar-refractivity contribution in [2.75, 3.05) is 13.1 Å². The van der Waals surface area contributed by atoms with Crippen molar-refractivity contribution in [3.8, 4) is 0 Å². The van der Waals surface area contributed by atoms with Crippen molar-refractivity contribution in [3.63, 3.8) is 0 Å². The maximum absolute atomic E-state index is 12.7. The second-order valence-corrected chi connectivity index (χ2v) is 9.63. The van der Waals surface area contributed by atoms with Gasteiger partial charge < -0.3 is 24.8 Å². The quantitative estimate of drug-likeness (QED) is 0.379. The summed E-state index contributed by atoms with van der Waals surface area (Å²) >= 11 is 0. The Morgan fingerprint density at radius 3 is 2.28 bits per heavy atom. The number of fused-ring (bicyclic) bond motifs is 1. The minimum absolute atomic E-state index is 0. The van der Waals surface area contributed by atoms with Crippen LogP contribution in [-0.2, 0) is 24.2 Å².